The Bertz CT molecular complexity index is 972. The molecule has 156 valence electrons. The van der Waals surface area contributed by atoms with Crippen LogP contribution in [0.2, 0.25) is 0 Å². The summed E-state index contributed by atoms with van der Waals surface area (Å²) in [6.45, 7) is 5.30. The summed E-state index contributed by atoms with van der Waals surface area (Å²) in [6, 6.07) is 20.9. The van der Waals surface area contributed by atoms with Gasteiger partial charge >= 0.3 is 0 Å². The summed E-state index contributed by atoms with van der Waals surface area (Å²) in [4.78, 5) is 19.5. The number of pyridine rings is 1. The molecule has 1 aliphatic heterocycles. The third-order valence-corrected chi connectivity index (χ3v) is 6.30. The second kappa shape index (κ2) is 9.86. The summed E-state index contributed by atoms with van der Waals surface area (Å²) >= 11 is 0. The number of aromatic nitrogens is 1. The number of nitrogens with zero attached hydrogens (tertiary/aromatic N) is 2. The topological polar surface area (TPSA) is 45.2 Å². The minimum absolute atomic E-state index is 0.000942. The van der Waals surface area contributed by atoms with Gasteiger partial charge in [0, 0.05) is 36.3 Å². The van der Waals surface area contributed by atoms with Gasteiger partial charge in [0.2, 0.25) is 0 Å². The summed E-state index contributed by atoms with van der Waals surface area (Å²) in [5.74, 6) is 0.737. The van der Waals surface area contributed by atoms with Gasteiger partial charge in [0.15, 0.2) is 0 Å². The monoisotopic (exact) mass is 401 g/mol. The normalized spacial score (nSPS) is 17.8. The minimum Gasteiger partial charge on any atom is -0.352 e. The molecule has 30 heavy (non-hydrogen) atoms. The van der Waals surface area contributed by atoms with Crippen molar-refractivity contribution >= 4 is 16.8 Å². The predicted octanol–water partition coefficient (Wildman–Crippen LogP) is 4.70. The van der Waals surface area contributed by atoms with Crippen molar-refractivity contribution in [2.75, 3.05) is 19.6 Å². The van der Waals surface area contributed by atoms with E-state index in [9.17, 15) is 4.79 Å². The Labute approximate surface area is 179 Å². The van der Waals surface area contributed by atoms with Crippen LogP contribution in [0, 0.1) is 5.92 Å². The molecule has 1 aromatic heterocycles. The zero-order valence-corrected chi connectivity index (χ0v) is 17.8. The van der Waals surface area contributed by atoms with Gasteiger partial charge in [0.05, 0.1) is 5.52 Å². The number of carbonyl (C=O) groups excluding carboxylic acids is 1. The first-order chi connectivity index (χ1) is 14.7. The van der Waals surface area contributed by atoms with Gasteiger partial charge in [-0.1, -0.05) is 43.3 Å². The van der Waals surface area contributed by atoms with Crippen LogP contribution in [-0.2, 0) is 6.42 Å². The molecule has 0 aliphatic carbocycles. The Kier molecular flexibility index (Phi) is 6.75. The number of rotatable bonds is 8. The quantitative estimate of drug-likeness (QED) is 0.595. The molecule has 4 nitrogen and oxygen atoms in total. The van der Waals surface area contributed by atoms with Crippen molar-refractivity contribution in [1.82, 2.24) is 15.2 Å². The molecule has 3 aromatic rings. The van der Waals surface area contributed by atoms with Gasteiger partial charge in [-0.2, -0.15) is 0 Å². The zero-order chi connectivity index (χ0) is 20.8. The summed E-state index contributed by atoms with van der Waals surface area (Å²) in [5, 5.41) is 4.12. The molecule has 1 amide bonds. The van der Waals surface area contributed by atoms with Crippen LogP contribution < -0.4 is 5.32 Å². The highest BCUT2D eigenvalue weighted by Gasteiger charge is 2.27. The van der Waals surface area contributed by atoms with Crippen molar-refractivity contribution in [3.05, 3.63) is 78.0 Å². The van der Waals surface area contributed by atoms with Crippen LogP contribution >= 0.6 is 0 Å². The predicted molar refractivity (Wildman–Crippen MR) is 123 cm³/mol. The van der Waals surface area contributed by atoms with Crippen LogP contribution in [0.1, 0.15) is 42.1 Å². The maximum atomic E-state index is 12.6. The molecular weight excluding hydrogens is 370 g/mol. The molecule has 2 unspecified atom stereocenters. The van der Waals surface area contributed by atoms with Crippen LogP contribution in [0.4, 0.5) is 0 Å². The highest BCUT2D eigenvalue weighted by molar-refractivity contribution is 5.97. The van der Waals surface area contributed by atoms with Gasteiger partial charge in [-0.05, 0) is 68.0 Å². The average Bonchev–Trinajstić information content (AvgIpc) is 3.25. The smallest absolute Gasteiger partial charge is 0.251 e. The molecule has 0 bridgehead atoms. The molecule has 1 N–H and O–H groups in total. The molecule has 2 atom stereocenters. The van der Waals surface area contributed by atoms with Crippen LogP contribution in [0.25, 0.3) is 10.9 Å². The van der Waals surface area contributed by atoms with E-state index in [0.29, 0.717) is 18.2 Å². The fourth-order valence-electron chi connectivity index (χ4n) is 4.62. The van der Waals surface area contributed by atoms with Crippen molar-refractivity contribution in [1.29, 1.82) is 0 Å². The second-order valence-electron chi connectivity index (χ2n) is 8.36. The highest BCUT2D eigenvalue weighted by atomic mass is 16.1. The molecule has 1 fully saturated rings. The number of hydrogen-bond donors (Lipinski definition) is 1. The van der Waals surface area contributed by atoms with E-state index >= 15 is 0 Å². The van der Waals surface area contributed by atoms with E-state index in [1.54, 1.807) is 6.20 Å². The van der Waals surface area contributed by atoms with Gasteiger partial charge in [0.1, 0.15) is 0 Å². The molecule has 0 spiro atoms. The molecular formula is C26H31N3O. The third kappa shape index (κ3) is 5.06. The summed E-state index contributed by atoms with van der Waals surface area (Å²) in [5.41, 5.74) is 3.06. The Morgan fingerprint density at radius 3 is 2.87 bits per heavy atom. The number of nitrogens with one attached hydrogen (secondary N) is 1. The first-order valence-corrected chi connectivity index (χ1v) is 11.1. The molecule has 2 heterocycles. The summed E-state index contributed by atoms with van der Waals surface area (Å²) in [6.07, 6.45) is 6.32. The lowest BCUT2D eigenvalue weighted by Crippen LogP contribution is -2.36. The van der Waals surface area contributed by atoms with E-state index < -0.39 is 0 Å². The molecule has 1 saturated heterocycles. The number of amides is 1. The van der Waals surface area contributed by atoms with E-state index in [1.807, 2.05) is 30.3 Å². The van der Waals surface area contributed by atoms with Crippen molar-refractivity contribution in [2.45, 2.75) is 38.6 Å². The second-order valence-corrected chi connectivity index (χ2v) is 8.36. The molecule has 2 aromatic carbocycles. The Balaban J connectivity index is 1.26. The van der Waals surface area contributed by atoms with E-state index in [-0.39, 0.29) is 5.91 Å². The van der Waals surface area contributed by atoms with Crippen molar-refractivity contribution in [3.8, 4) is 0 Å². The largest absolute Gasteiger partial charge is 0.352 e. The van der Waals surface area contributed by atoms with Crippen LogP contribution in [-0.4, -0.2) is 41.5 Å². The minimum atomic E-state index is -0.000942. The maximum absolute atomic E-state index is 12.6. The highest BCUT2D eigenvalue weighted by Crippen LogP contribution is 2.24. The number of likely N-dealkylation sites (tertiary alicyclic amines) is 1. The number of benzene rings is 2. The average molecular weight is 402 g/mol. The summed E-state index contributed by atoms with van der Waals surface area (Å²) in [7, 11) is 0. The number of fused-ring (bicyclic) bond motifs is 1. The van der Waals surface area contributed by atoms with Crippen molar-refractivity contribution < 1.29 is 4.79 Å². The number of hydrogen-bond acceptors (Lipinski definition) is 3. The molecule has 0 saturated carbocycles. The van der Waals surface area contributed by atoms with Crippen LogP contribution in [0.5, 0.6) is 0 Å². The van der Waals surface area contributed by atoms with Crippen molar-refractivity contribution in [2.24, 2.45) is 5.92 Å². The van der Waals surface area contributed by atoms with E-state index in [4.69, 9.17) is 0 Å². The molecule has 4 rings (SSSR count). The molecule has 1 aliphatic rings. The first-order valence-electron chi connectivity index (χ1n) is 11.1. The Hall–Kier alpha value is -2.72. The number of carbonyl (C=O) groups is 1. The Morgan fingerprint density at radius 2 is 2.03 bits per heavy atom. The van der Waals surface area contributed by atoms with E-state index in [0.717, 1.165) is 29.7 Å². The van der Waals surface area contributed by atoms with Crippen molar-refractivity contribution in [3.63, 3.8) is 0 Å². The van der Waals surface area contributed by atoms with Gasteiger partial charge in [-0.25, -0.2) is 0 Å². The lowest BCUT2D eigenvalue weighted by atomic mass is 9.99. The van der Waals surface area contributed by atoms with E-state index in [1.165, 1.54) is 31.5 Å². The molecule has 4 heteroatoms. The van der Waals surface area contributed by atoms with Gasteiger partial charge in [0.25, 0.3) is 5.91 Å². The van der Waals surface area contributed by atoms with E-state index in [2.05, 4.69) is 52.5 Å². The fourth-order valence-corrected chi connectivity index (χ4v) is 4.62. The lowest BCUT2D eigenvalue weighted by Gasteiger charge is -2.27. The maximum Gasteiger partial charge on any atom is 0.251 e. The van der Waals surface area contributed by atoms with Crippen LogP contribution in [0.15, 0.2) is 66.9 Å². The van der Waals surface area contributed by atoms with Gasteiger partial charge in [-0.3, -0.25) is 9.78 Å². The third-order valence-electron chi connectivity index (χ3n) is 6.30. The van der Waals surface area contributed by atoms with Gasteiger partial charge in [-0.15, -0.1) is 0 Å². The first kappa shape index (κ1) is 20.5. The fraction of sp³-hybridized carbons (Fsp3) is 0.385. The lowest BCUT2D eigenvalue weighted by molar-refractivity contribution is 0.0948. The standard InChI is InChI=1S/C26H31N3O/c1-2-24(29-16-13-21(19-29)17-20-7-4-3-5-8-20)12-15-28-26(30)23-10-11-25-22(18-23)9-6-14-27-25/h3-11,14,18,21,24H,2,12-13,15-17,19H2,1H3,(H,28,30). The SMILES string of the molecule is CCC(CCNC(=O)c1ccc2ncccc2c1)N1CCC(Cc2ccccc2)C1. The summed E-state index contributed by atoms with van der Waals surface area (Å²) < 4.78 is 0. The Morgan fingerprint density at radius 1 is 1.17 bits per heavy atom. The zero-order valence-electron chi connectivity index (χ0n) is 17.8. The molecule has 0 radical (unpaired) electrons. The van der Waals surface area contributed by atoms with Crippen LogP contribution in [0.3, 0.4) is 0 Å². The van der Waals surface area contributed by atoms with Gasteiger partial charge < -0.3 is 10.2 Å².